The molecule has 8 heteroatoms. The van der Waals surface area contributed by atoms with E-state index in [1.54, 1.807) is 0 Å². The summed E-state index contributed by atoms with van der Waals surface area (Å²) >= 11 is 0. The minimum absolute atomic E-state index is 0.0703. The fraction of sp³-hybridized carbons (Fsp3) is 0.0455. The number of halogens is 2. The summed E-state index contributed by atoms with van der Waals surface area (Å²) in [6, 6.07) is 20.0. The molecule has 0 spiro atoms. The van der Waals surface area contributed by atoms with E-state index in [0.29, 0.717) is 11.5 Å². The first-order valence-electron chi connectivity index (χ1n) is 9.06. The number of amides is 1. The molecule has 0 aliphatic carbocycles. The molecule has 6 nitrogen and oxygen atoms in total. The number of benzene rings is 3. The van der Waals surface area contributed by atoms with Crippen molar-refractivity contribution in [1.29, 1.82) is 0 Å². The minimum Gasteiger partial charge on any atom is -0.457 e. The predicted octanol–water partition coefficient (Wildman–Crippen LogP) is 4.65. The maximum atomic E-state index is 13.7. The molecule has 150 valence electrons. The van der Waals surface area contributed by atoms with Crippen molar-refractivity contribution in [1.82, 2.24) is 15.0 Å². The summed E-state index contributed by atoms with van der Waals surface area (Å²) in [7, 11) is 0. The first kappa shape index (κ1) is 19.3. The van der Waals surface area contributed by atoms with Crippen LogP contribution >= 0.6 is 0 Å². The van der Waals surface area contributed by atoms with Gasteiger partial charge in [-0.05, 0) is 30.3 Å². The zero-order valence-corrected chi connectivity index (χ0v) is 15.6. The molecule has 1 heterocycles. The summed E-state index contributed by atoms with van der Waals surface area (Å²) in [6.45, 7) is 0.240. The first-order valence-corrected chi connectivity index (χ1v) is 9.06. The van der Waals surface area contributed by atoms with Crippen LogP contribution in [0.1, 0.15) is 16.1 Å². The van der Waals surface area contributed by atoms with Gasteiger partial charge < -0.3 is 10.1 Å². The first-order chi connectivity index (χ1) is 14.6. The third-order valence-corrected chi connectivity index (χ3v) is 4.23. The number of nitrogens with zero attached hydrogens (tertiary/aromatic N) is 3. The van der Waals surface area contributed by atoms with Crippen LogP contribution in [0.5, 0.6) is 11.5 Å². The van der Waals surface area contributed by atoms with E-state index in [0.717, 1.165) is 17.7 Å². The number of rotatable bonds is 6. The summed E-state index contributed by atoms with van der Waals surface area (Å²) in [5, 5.41) is 10.4. The molecule has 1 aromatic heterocycles. The molecule has 3 aromatic carbocycles. The van der Waals surface area contributed by atoms with Crippen molar-refractivity contribution in [2.45, 2.75) is 6.54 Å². The molecule has 0 saturated heterocycles. The normalized spacial score (nSPS) is 10.6. The maximum absolute atomic E-state index is 13.7. The van der Waals surface area contributed by atoms with E-state index in [1.807, 2.05) is 54.6 Å². The average Bonchev–Trinajstić information content (AvgIpc) is 3.22. The highest BCUT2D eigenvalue weighted by atomic mass is 19.1. The molecule has 0 unspecified atom stereocenters. The third kappa shape index (κ3) is 4.33. The number of anilines is 1. The quantitative estimate of drug-likeness (QED) is 0.506. The third-order valence-electron chi connectivity index (χ3n) is 4.23. The van der Waals surface area contributed by atoms with Gasteiger partial charge in [-0.25, -0.2) is 8.78 Å². The van der Waals surface area contributed by atoms with Gasteiger partial charge in [0, 0.05) is 5.56 Å². The van der Waals surface area contributed by atoms with Crippen LogP contribution < -0.4 is 10.1 Å². The molecule has 0 aliphatic heterocycles. The Kier molecular flexibility index (Phi) is 5.47. The molecular formula is C22H16F2N4O2. The summed E-state index contributed by atoms with van der Waals surface area (Å²) < 4.78 is 33.4. The SMILES string of the molecule is O=C(Nc1c(F)cccc1F)c1cnn(Cc2ccccc2Oc2ccccc2)n1. The molecule has 4 aromatic rings. The molecule has 0 fully saturated rings. The Labute approximate surface area is 170 Å². The van der Waals surface area contributed by atoms with Gasteiger partial charge >= 0.3 is 0 Å². The molecule has 0 bridgehead atoms. The monoisotopic (exact) mass is 406 g/mol. The van der Waals surface area contributed by atoms with E-state index in [2.05, 4.69) is 15.5 Å². The van der Waals surface area contributed by atoms with Crippen molar-refractivity contribution in [2.75, 3.05) is 5.32 Å². The smallest absolute Gasteiger partial charge is 0.278 e. The Morgan fingerprint density at radius 3 is 2.40 bits per heavy atom. The highest BCUT2D eigenvalue weighted by molar-refractivity contribution is 6.02. The van der Waals surface area contributed by atoms with Gasteiger partial charge in [-0.15, -0.1) is 5.10 Å². The van der Waals surface area contributed by atoms with E-state index in [1.165, 1.54) is 17.1 Å². The van der Waals surface area contributed by atoms with Gasteiger partial charge in [-0.3, -0.25) is 4.79 Å². The van der Waals surface area contributed by atoms with Crippen molar-refractivity contribution in [2.24, 2.45) is 0 Å². The van der Waals surface area contributed by atoms with Gasteiger partial charge in [0.2, 0.25) is 0 Å². The molecule has 4 rings (SSSR count). The zero-order chi connectivity index (χ0) is 20.9. The number of ether oxygens (including phenoxy) is 1. The van der Waals surface area contributed by atoms with Gasteiger partial charge in [-0.2, -0.15) is 9.90 Å². The number of carbonyl (C=O) groups excluding carboxylic acids is 1. The largest absolute Gasteiger partial charge is 0.457 e. The van der Waals surface area contributed by atoms with Crippen LogP contribution in [0, 0.1) is 11.6 Å². The van der Waals surface area contributed by atoms with Crippen molar-refractivity contribution in [3.8, 4) is 11.5 Å². The number of carbonyl (C=O) groups is 1. The highest BCUT2D eigenvalue weighted by Crippen LogP contribution is 2.25. The van der Waals surface area contributed by atoms with E-state index < -0.39 is 23.2 Å². The zero-order valence-electron chi connectivity index (χ0n) is 15.6. The van der Waals surface area contributed by atoms with Crippen LogP contribution in [0.3, 0.4) is 0 Å². The van der Waals surface area contributed by atoms with Crippen LogP contribution in [-0.2, 0) is 6.54 Å². The predicted molar refractivity (Wildman–Crippen MR) is 106 cm³/mol. The lowest BCUT2D eigenvalue weighted by atomic mass is 10.2. The van der Waals surface area contributed by atoms with Crippen molar-refractivity contribution in [3.63, 3.8) is 0 Å². The Morgan fingerprint density at radius 2 is 1.63 bits per heavy atom. The topological polar surface area (TPSA) is 69.0 Å². The fourth-order valence-electron chi connectivity index (χ4n) is 2.77. The molecule has 30 heavy (non-hydrogen) atoms. The van der Waals surface area contributed by atoms with Crippen LogP contribution in [-0.4, -0.2) is 20.9 Å². The van der Waals surface area contributed by atoms with Crippen molar-refractivity contribution < 1.29 is 18.3 Å². The number of aromatic nitrogens is 3. The summed E-state index contributed by atoms with van der Waals surface area (Å²) in [6.07, 6.45) is 1.23. The van der Waals surface area contributed by atoms with Gasteiger partial charge in [0.05, 0.1) is 12.7 Å². The summed E-state index contributed by atoms with van der Waals surface area (Å²) in [4.78, 5) is 13.6. The average molecular weight is 406 g/mol. The van der Waals surface area contributed by atoms with Crippen LogP contribution in [0.2, 0.25) is 0 Å². The van der Waals surface area contributed by atoms with E-state index >= 15 is 0 Å². The number of hydrogen-bond acceptors (Lipinski definition) is 4. The second-order valence-corrected chi connectivity index (χ2v) is 6.33. The second kappa shape index (κ2) is 8.52. The molecule has 0 aliphatic rings. The maximum Gasteiger partial charge on any atom is 0.278 e. The van der Waals surface area contributed by atoms with Crippen LogP contribution in [0.15, 0.2) is 79.0 Å². The Hall–Kier alpha value is -4.07. The second-order valence-electron chi connectivity index (χ2n) is 6.33. The van der Waals surface area contributed by atoms with Crippen molar-refractivity contribution >= 4 is 11.6 Å². The Morgan fingerprint density at radius 1 is 0.933 bits per heavy atom. The lowest BCUT2D eigenvalue weighted by molar-refractivity contribution is 0.102. The summed E-state index contributed by atoms with van der Waals surface area (Å²) in [5.74, 6) is -1.20. The molecule has 0 atom stereocenters. The molecule has 0 radical (unpaired) electrons. The lowest BCUT2D eigenvalue weighted by Crippen LogP contribution is -2.15. The standard InChI is InChI=1S/C22H16F2N4O2/c23-17-10-6-11-18(24)21(17)26-22(29)19-13-25-28(27-19)14-15-7-4-5-12-20(15)30-16-8-2-1-3-9-16/h1-13H,14H2,(H,26,29). The lowest BCUT2D eigenvalue weighted by Gasteiger charge is -2.10. The van der Waals surface area contributed by atoms with Crippen LogP contribution in [0.25, 0.3) is 0 Å². The van der Waals surface area contributed by atoms with Gasteiger partial charge in [0.1, 0.15) is 28.8 Å². The van der Waals surface area contributed by atoms with E-state index in [4.69, 9.17) is 4.74 Å². The molecule has 1 N–H and O–H groups in total. The molecule has 0 saturated carbocycles. The van der Waals surface area contributed by atoms with E-state index in [-0.39, 0.29) is 12.2 Å². The fourth-order valence-corrected chi connectivity index (χ4v) is 2.77. The minimum atomic E-state index is -0.872. The Balaban J connectivity index is 1.49. The van der Waals surface area contributed by atoms with Crippen LogP contribution in [0.4, 0.5) is 14.5 Å². The van der Waals surface area contributed by atoms with E-state index in [9.17, 15) is 13.6 Å². The number of hydrogen-bond donors (Lipinski definition) is 1. The van der Waals surface area contributed by atoms with Crippen molar-refractivity contribution in [3.05, 3.63) is 102 Å². The molecule has 1 amide bonds. The molecular weight excluding hydrogens is 390 g/mol. The van der Waals surface area contributed by atoms with Gasteiger partial charge in [0.15, 0.2) is 5.69 Å². The summed E-state index contributed by atoms with van der Waals surface area (Å²) in [5.41, 5.74) is 0.196. The Bertz CT molecular complexity index is 1160. The number of nitrogens with one attached hydrogen (secondary N) is 1. The highest BCUT2D eigenvalue weighted by Gasteiger charge is 2.16. The number of para-hydroxylation sites is 3. The van der Waals surface area contributed by atoms with Gasteiger partial charge in [-0.1, -0.05) is 42.5 Å². The van der Waals surface area contributed by atoms with Gasteiger partial charge in [0.25, 0.3) is 5.91 Å².